The highest BCUT2D eigenvalue weighted by molar-refractivity contribution is 5.83. The van der Waals surface area contributed by atoms with Gasteiger partial charge in [-0.1, -0.05) is 6.92 Å². The van der Waals surface area contributed by atoms with Gasteiger partial charge < -0.3 is 15.4 Å². The number of amides is 1. The van der Waals surface area contributed by atoms with E-state index in [1.807, 2.05) is 4.90 Å². The largest absolute Gasteiger partial charge is 0.378 e. The maximum atomic E-state index is 12.6. The second kappa shape index (κ2) is 5.36. The fourth-order valence-electron chi connectivity index (χ4n) is 2.92. The third-order valence-corrected chi connectivity index (χ3v) is 4.37. The standard InChI is InChI=1S/C13H24N2O2/c1-11-2-4-13(10-14,5-3-11)12(16)15-6-8-17-9-7-15/h11H,2-10,14H2,1H3. The Morgan fingerprint density at radius 2 is 1.94 bits per heavy atom. The van der Waals surface area contributed by atoms with Crippen molar-refractivity contribution in [1.29, 1.82) is 0 Å². The third-order valence-electron chi connectivity index (χ3n) is 4.37. The summed E-state index contributed by atoms with van der Waals surface area (Å²) in [5, 5.41) is 0. The van der Waals surface area contributed by atoms with E-state index in [-0.39, 0.29) is 11.3 Å². The Kier molecular flexibility index (Phi) is 4.05. The Morgan fingerprint density at radius 1 is 1.35 bits per heavy atom. The molecule has 0 aromatic carbocycles. The SMILES string of the molecule is CC1CCC(CN)(C(=O)N2CCOCC2)CC1. The van der Waals surface area contributed by atoms with Gasteiger partial charge in [0.15, 0.2) is 0 Å². The van der Waals surface area contributed by atoms with Gasteiger partial charge in [0, 0.05) is 19.6 Å². The van der Waals surface area contributed by atoms with Crippen molar-refractivity contribution < 1.29 is 9.53 Å². The number of carbonyl (C=O) groups excluding carboxylic acids is 1. The predicted octanol–water partition coefficient (Wildman–Crippen LogP) is 1.00. The Morgan fingerprint density at radius 3 is 2.47 bits per heavy atom. The molecular formula is C13H24N2O2. The van der Waals surface area contributed by atoms with Crippen molar-refractivity contribution in [3.05, 3.63) is 0 Å². The van der Waals surface area contributed by atoms with Gasteiger partial charge in [0.25, 0.3) is 0 Å². The van der Waals surface area contributed by atoms with Crippen LogP contribution in [0.3, 0.4) is 0 Å². The number of hydrogen-bond donors (Lipinski definition) is 1. The van der Waals surface area contributed by atoms with Crippen LogP contribution in [0.1, 0.15) is 32.6 Å². The molecule has 1 heterocycles. The van der Waals surface area contributed by atoms with Crippen molar-refractivity contribution in [3.63, 3.8) is 0 Å². The summed E-state index contributed by atoms with van der Waals surface area (Å²) in [6, 6.07) is 0. The lowest BCUT2D eigenvalue weighted by molar-refractivity contribution is -0.148. The second-order valence-electron chi connectivity index (χ2n) is 5.57. The molecule has 0 unspecified atom stereocenters. The summed E-state index contributed by atoms with van der Waals surface area (Å²) in [4.78, 5) is 14.6. The van der Waals surface area contributed by atoms with E-state index in [9.17, 15) is 4.79 Å². The molecular weight excluding hydrogens is 216 g/mol. The van der Waals surface area contributed by atoms with Crippen molar-refractivity contribution in [3.8, 4) is 0 Å². The first kappa shape index (κ1) is 12.8. The smallest absolute Gasteiger partial charge is 0.230 e. The Hall–Kier alpha value is -0.610. The zero-order chi connectivity index (χ0) is 12.3. The molecule has 0 atom stereocenters. The van der Waals surface area contributed by atoms with Crippen LogP contribution < -0.4 is 5.73 Å². The lowest BCUT2D eigenvalue weighted by Gasteiger charge is -2.41. The number of nitrogens with zero attached hydrogens (tertiary/aromatic N) is 1. The highest BCUT2D eigenvalue weighted by atomic mass is 16.5. The summed E-state index contributed by atoms with van der Waals surface area (Å²) >= 11 is 0. The molecule has 4 heteroatoms. The van der Waals surface area contributed by atoms with Crippen LogP contribution in [-0.2, 0) is 9.53 Å². The number of nitrogens with two attached hydrogens (primary N) is 1. The normalized spacial score (nSPS) is 34.7. The van der Waals surface area contributed by atoms with Crippen molar-refractivity contribution in [2.75, 3.05) is 32.8 Å². The molecule has 1 saturated heterocycles. The summed E-state index contributed by atoms with van der Waals surface area (Å²) < 4.78 is 5.30. The number of carbonyl (C=O) groups is 1. The van der Waals surface area contributed by atoms with Crippen LogP contribution in [-0.4, -0.2) is 43.7 Å². The minimum Gasteiger partial charge on any atom is -0.378 e. The number of hydrogen-bond acceptors (Lipinski definition) is 3. The van der Waals surface area contributed by atoms with Crippen molar-refractivity contribution in [2.45, 2.75) is 32.6 Å². The Labute approximate surface area is 103 Å². The van der Waals surface area contributed by atoms with Gasteiger partial charge in [0.05, 0.1) is 18.6 Å². The van der Waals surface area contributed by atoms with Crippen LogP contribution in [0.15, 0.2) is 0 Å². The summed E-state index contributed by atoms with van der Waals surface area (Å²) in [6.07, 6.45) is 4.18. The van der Waals surface area contributed by atoms with Crippen LogP contribution in [0.25, 0.3) is 0 Å². The van der Waals surface area contributed by atoms with Gasteiger partial charge in [-0.25, -0.2) is 0 Å². The molecule has 2 rings (SSSR count). The van der Waals surface area contributed by atoms with E-state index in [1.54, 1.807) is 0 Å². The quantitative estimate of drug-likeness (QED) is 0.783. The van der Waals surface area contributed by atoms with E-state index >= 15 is 0 Å². The summed E-state index contributed by atoms with van der Waals surface area (Å²) in [6.45, 7) is 5.56. The van der Waals surface area contributed by atoms with Crippen LogP contribution in [0.2, 0.25) is 0 Å². The first-order valence-corrected chi connectivity index (χ1v) is 6.75. The van der Waals surface area contributed by atoms with E-state index in [4.69, 9.17) is 10.5 Å². The van der Waals surface area contributed by atoms with Gasteiger partial charge in [0.1, 0.15) is 0 Å². The zero-order valence-corrected chi connectivity index (χ0v) is 10.8. The highest BCUT2D eigenvalue weighted by Gasteiger charge is 2.42. The molecule has 2 N–H and O–H groups in total. The molecule has 0 bridgehead atoms. The molecule has 0 aromatic heterocycles. The molecule has 1 saturated carbocycles. The van der Waals surface area contributed by atoms with E-state index in [0.717, 1.165) is 44.7 Å². The minimum atomic E-state index is -0.274. The molecule has 98 valence electrons. The summed E-state index contributed by atoms with van der Waals surface area (Å²) in [7, 11) is 0. The van der Waals surface area contributed by atoms with E-state index < -0.39 is 0 Å². The Bertz CT molecular complexity index is 267. The lowest BCUT2D eigenvalue weighted by atomic mass is 9.70. The van der Waals surface area contributed by atoms with Crippen molar-refractivity contribution in [2.24, 2.45) is 17.1 Å². The molecule has 2 aliphatic rings. The minimum absolute atomic E-state index is 0.273. The van der Waals surface area contributed by atoms with E-state index in [0.29, 0.717) is 19.8 Å². The van der Waals surface area contributed by atoms with Gasteiger partial charge in [-0.3, -0.25) is 4.79 Å². The number of ether oxygens (including phenoxy) is 1. The molecule has 1 aliphatic heterocycles. The Balaban J connectivity index is 2.03. The van der Waals surface area contributed by atoms with Crippen LogP contribution in [0.5, 0.6) is 0 Å². The van der Waals surface area contributed by atoms with E-state index in [2.05, 4.69) is 6.92 Å². The molecule has 17 heavy (non-hydrogen) atoms. The number of rotatable bonds is 2. The average Bonchev–Trinajstić information content (AvgIpc) is 2.40. The summed E-state index contributed by atoms with van der Waals surface area (Å²) in [5.41, 5.74) is 5.64. The average molecular weight is 240 g/mol. The first-order valence-electron chi connectivity index (χ1n) is 6.75. The van der Waals surface area contributed by atoms with Crippen molar-refractivity contribution >= 4 is 5.91 Å². The molecule has 2 fully saturated rings. The molecule has 0 spiro atoms. The van der Waals surface area contributed by atoms with E-state index in [1.165, 1.54) is 0 Å². The van der Waals surface area contributed by atoms with Gasteiger partial charge >= 0.3 is 0 Å². The zero-order valence-electron chi connectivity index (χ0n) is 10.8. The number of morpholine rings is 1. The van der Waals surface area contributed by atoms with Gasteiger partial charge in [0.2, 0.25) is 5.91 Å². The molecule has 1 aliphatic carbocycles. The topological polar surface area (TPSA) is 55.6 Å². The van der Waals surface area contributed by atoms with Gasteiger partial charge in [-0.05, 0) is 31.6 Å². The summed E-state index contributed by atoms with van der Waals surface area (Å²) in [5.74, 6) is 1.02. The maximum absolute atomic E-state index is 12.6. The molecule has 1 amide bonds. The fourth-order valence-corrected chi connectivity index (χ4v) is 2.92. The monoisotopic (exact) mass is 240 g/mol. The molecule has 0 aromatic rings. The maximum Gasteiger partial charge on any atom is 0.230 e. The third kappa shape index (κ3) is 2.63. The lowest BCUT2D eigenvalue weighted by Crippen LogP contribution is -2.52. The van der Waals surface area contributed by atoms with Gasteiger partial charge in [-0.15, -0.1) is 0 Å². The first-order chi connectivity index (χ1) is 8.18. The van der Waals surface area contributed by atoms with Crippen LogP contribution in [0, 0.1) is 11.3 Å². The molecule has 0 radical (unpaired) electrons. The second-order valence-corrected chi connectivity index (χ2v) is 5.57. The predicted molar refractivity (Wildman–Crippen MR) is 66.5 cm³/mol. The molecule has 4 nitrogen and oxygen atoms in total. The van der Waals surface area contributed by atoms with Crippen LogP contribution >= 0.6 is 0 Å². The highest BCUT2D eigenvalue weighted by Crippen LogP contribution is 2.39. The fraction of sp³-hybridized carbons (Fsp3) is 0.923. The van der Waals surface area contributed by atoms with Crippen LogP contribution in [0.4, 0.5) is 0 Å². The van der Waals surface area contributed by atoms with Gasteiger partial charge in [-0.2, -0.15) is 0 Å². The van der Waals surface area contributed by atoms with Crippen molar-refractivity contribution in [1.82, 2.24) is 4.90 Å².